The minimum absolute atomic E-state index is 0.693. The molecular weight excluding hydrogens is 206 g/mol. The van der Waals surface area contributed by atoms with Crippen LogP contribution in [0.15, 0.2) is 16.9 Å². The zero-order valence-electron chi connectivity index (χ0n) is 6.50. The molecular formula is C7H10BrN3. The van der Waals surface area contributed by atoms with Gasteiger partial charge in [-0.25, -0.2) is 4.98 Å². The van der Waals surface area contributed by atoms with Crippen molar-refractivity contribution in [1.29, 1.82) is 0 Å². The lowest BCUT2D eigenvalue weighted by Gasteiger charge is -2.14. The quantitative estimate of drug-likeness (QED) is 0.723. The fourth-order valence-corrected chi connectivity index (χ4v) is 1.14. The Bertz CT molecular complexity index is 260. The van der Waals surface area contributed by atoms with Gasteiger partial charge in [0, 0.05) is 14.1 Å². The number of hydrogen-bond acceptors (Lipinski definition) is 3. The number of pyridine rings is 1. The highest BCUT2D eigenvalue weighted by molar-refractivity contribution is 9.10. The summed E-state index contributed by atoms with van der Waals surface area (Å²) in [6.07, 6.45) is 1.64. The van der Waals surface area contributed by atoms with Gasteiger partial charge in [-0.2, -0.15) is 0 Å². The van der Waals surface area contributed by atoms with Crippen molar-refractivity contribution < 1.29 is 0 Å². The molecule has 0 aliphatic carbocycles. The fraction of sp³-hybridized carbons (Fsp3) is 0.286. The van der Waals surface area contributed by atoms with E-state index in [1.807, 2.05) is 25.1 Å². The van der Waals surface area contributed by atoms with E-state index in [9.17, 15) is 0 Å². The van der Waals surface area contributed by atoms with E-state index >= 15 is 0 Å². The molecule has 0 radical (unpaired) electrons. The molecule has 0 aromatic carbocycles. The number of rotatable bonds is 1. The van der Waals surface area contributed by atoms with Crippen molar-refractivity contribution >= 4 is 27.3 Å². The maximum absolute atomic E-state index is 5.67. The van der Waals surface area contributed by atoms with E-state index in [1.54, 1.807) is 6.20 Å². The third kappa shape index (κ3) is 1.83. The van der Waals surface area contributed by atoms with Crippen LogP contribution in [0.1, 0.15) is 0 Å². The number of nitrogen functional groups attached to an aromatic ring is 1. The Hall–Kier alpha value is -0.770. The summed E-state index contributed by atoms with van der Waals surface area (Å²) in [7, 11) is 3.89. The van der Waals surface area contributed by atoms with Crippen molar-refractivity contribution in [2.45, 2.75) is 0 Å². The summed E-state index contributed by atoms with van der Waals surface area (Å²) in [4.78, 5) is 5.93. The van der Waals surface area contributed by atoms with Crippen LogP contribution in [0.5, 0.6) is 0 Å². The van der Waals surface area contributed by atoms with Crippen LogP contribution in [0.2, 0.25) is 0 Å². The van der Waals surface area contributed by atoms with Crippen LogP contribution in [0.25, 0.3) is 0 Å². The second-order valence-corrected chi connectivity index (χ2v) is 3.27. The molecule has 1 heterocycles. The SMILES string of the molecule is CN(C)c1cc(Br)ncc1N. The molecule has 4 heteroatoms. The first-order chi connectivity index (χ1) is 5.11. The summed E-state index contributed by atoms with van der Waals surface area (Å²) in [5.74, 6) is 0. The summed E-state index contributed by atoms with van der Waals surface area (Å²) in [5, 5.41) is 0. The van der Waals surface area contributed by atoms with E-state index < -0.39 is 0 Å². The van der Waals surface area contributed by atoms with E-state index in [-0.39, 0.29) is 0 Å². The van der Waals surface area contributed by atoms with Gasteiger partial charge < -0.3 is 10.6 Å². The lowest BCUT2D eigenvalue weighted by molar-refractivity contribution is 1.12. The molecule has 0 saturated carbocycles. The Morgan fingerprint density at radius 2 is 2.18 bits per heavy atom. The number of hydrogen-bond donors (Lipinski definition) is 1. The molecule has 0 amide bonds. The fourth-order valence-electron chi connectivity index (χ4n) is 0.818. The lowest BCUT2D eigenvalue weighted by Crippen LogP contribution is -2.11. The van der Waals surface area contributed by atoms with Crippen molar-refractivity contribution in [2.24, 2.45) is 0 Å². The van der Waals surface area contributed by atoms with Crippen LogP contribution in [0.3, 0.4) is 0 Å². The monoisotopic (exact) mass is 215 g/mol. The summed E-state index contributed by atoms with van der Waals surface area (Å²) in [5.41, 5.74) is 7.34. The van der Waals surface area contributed by atoms with Crippen molar-refractivity contribution in [3.8, 4) is 0 Å². The van der Waals surface area contributed by atoms with Crippen LogP contribution >= 0.6 is 15.9 Å². The molecule has 0 atom stereocenters. The molecule has 1 aromatic rings. The van der Waals surface area contributed by atoms with Crippen molar-refractivity contribution in [2.75, 3.05) is 24.7 Å². The summed E-state index contributed by atoms with van der Waals surface area (Å²) >= 11 is 3.27. The molecule has 0 unspecified atom stereocenters. The van der Waals surface area contributed by atoms with Gasteiger partial charge in [0.15, 0.2) is 0 Å². The number of nitrogens with two attached hydrogens (primary N) is 1. The molecule has 3 nitrogen and oxygen atoms in total. The molecule has 0 spiro atoms. The molecule has 0 saturated heterocycles. The van der Waals surface area contributed by atoms with E-state index in [4.69, 9.17) is 5.73 Å². The van der Waals surface area contributed by atoms with Crippen LogP contribution in [0, 0.1) is 0 Å². The average Bonchev–Trinajstić information content (AvgIpc) is 1.94. The maximum Gasteiger partial charge on any atom is 0.108 e. The van der Waals surface area contributed by atoms with E-state index in [2.05, 4.69) is 20.9 Å². The lowest BCUT2D eigenvalue weighted by atomic mass is 10.3. The smallest absolute Gasteiger partial charge is 0.108 e. The predicted molar refractivity (Wildman–Crippen MR) is 50.7 cm³/mol. The van der Waals surface area contributed by atoms with Crippen molar-refractivity contribution in [3.63, 3.8) is 0 Å². The average molecular weight is 216 g/mol. The van der Waals surface area contributed by atoms with Gasteiger partial charge in [0.25, 0.3) is 0 Å². The van der Waals surface area contributed by atoms with Gasteiger partial charge in [0.1, 0.15) is 4.60 Å². The molecule has 60 valence electrons. The molecule has 1 aromatic heterocycles. The second-order valence-electron chi connectivity index (χ2n) is 2.46. The van der Waals surface area contributed by atoms with Crippen LogP contribution < -0.4 is 10.6 Å². The standard InChI is InChI=1S/C7H10BrN3/c1-11(2)6-3-7(8)10-4-5(6)9/h3-4H,9H2,1-2H3. The molecule has 0 aliphatic heterocycles. The Balaban J connectivity index is 3.13. The summed E-state index contributed by atoms with van der Waals surface area (Å²) < 4.78 is 0.801. The molecule has 2 N–H and O–H groups in total. The molecule has 1 rings (SSSR count). The van der Waals surface area contributed by atoms with Crippen LogP contribution in [-0.4, -0.2) is 19.1 Å². The highest BCUT2D eigenvalue weighted by atomic mass is 79.9. The Morgan fingerprint density at radius 3 is 2.64 bits per heavy atom. The zero-order valence-corrected chi connectivity index (χ0v) is 8.09. The van der Waals surface area contributed by atoms with Crippen LogP contribution in [0.4, 0.5) is 11.4 Å². The van der Waals surface area contributed by atoms with E-state index in [1.165, 1.54) is 0 Å². The van der Waals surface area contributed by atoms with Gasteiger partial charge in [0.05, 0.1) is 17.6 Å². The normalized spacial score (nSPS) is 9.73. The van der Waals surface area contributed by atoms with E-state index in [0.717, 1.165) is 10.3 Å². The first-order valence-electron chi connectivity index (χ1n) is 3.19. The molecule has 11 heavy (non-hydrogen) atoms. The highest BCUT2D eigenvalue weighted by Crippen LogP contribution is 2.22. The number of halogens is 1. The molecule has 0 bridgehead atoms. The molecule has 0 fully saturated rings. The number of anilines is 2. The van der Waals surface area contributed by atoms with Gasteiger partial charge in [-0.1, -0.05) is 0 Å². The van der Waals surface area contributed by atoms with Gasteiger partial charge in [-0.15, -0.1) is 0 Å². The number of nitrogens with zero attached hydrogens (tertiary/aromatic N) is 2. The Morgan fingerprint density at radius 1 is 1.55 bits per heavy atom. The van der Waals surface area contributed by atoms with Crippen molar-refractivity contribution in [3.05, 3.63) is 16.9 Å². The first kappa shape index (κ1) is 8.33. The minimum Gasteiger partial charge on any atom is -0.396 e. The first-order valence-corrected chi connectivity index (χ1v) is 3.99. The summed E-state index contributed by atoms with van der Waals surface area (Å²) in [6.45, 7) is 0. The predicted octanol–water partition coefficient (Wildman–Crippen LogP) is 1.49. The summed E-state index contributed by atoms with van der Waals surface area (Å²) in [6, 6.07) is 1.88. The largest absolute Gasteiger partial charge is 0.396 e. The zero-order chi connectivity index (χ0) is 8.43. The number of aromatic nitrogens is 1. The van der Waals surface area contributed by atoms with E-state index in [0.29, 0.717) is 5.69 Å². The van der Waals surface area contributed by atoms with Gasteiger partial charge in [0.2, 0.25) is 0 Å². The van der Waals surface area contributed by atoms with Gasteiger partial charge in [-0.3, -0.25) is 0 Å². The third-order valence-electron chi connectivity index (χ3n) is 1.36. The third-order valence-corrected chi connectivity index (χ3v) is 1.79. The van der Waals surface area contributed by atoms with Gasteiger partial charge in [-0.05, 0) is 22.0 Å². The molecule has 0 aliphatic rings. The Kier molecular flexibility index (Phi) is 2.34. The van der Waals surface area contributed by atoms with Crippen LogP contribution in [-0.2, 0) is 0 Å². The topological polar surface area (TPSA) is 42.2 Å². The van der Waals surface area contributed by atoms with Gasteiger partial charge >= 0.3 is 0 Å². The maximum atomic E-state index is 5.67. The highest BCUT2D eigenvalue weighted by Gasteiger charge is 2.01. The van der Waals surface area contributed by atoms with Crippen molar-refractivity contribution in [1.82, 2.24) is 4.98 Å². The second kappa shape index (κ2) is 3.09. The Labute approximate surface area is 74.3 Å². The minimum atomic E-state index is 0.693.